The number of carbonyl (C=O) groups is 1. The minimum atomic E-state index is -0.100. The predicted octanol–water partition coefficient (Wildman–Crippen LogP) is 1.79. The fraction of sp³-hybridized carbons (Fsp3) is 0.429. The first-order valence-corrected chi connectivity index (χ1v) is 7.92. The highest BCUT2D eigenvalue weighted by Gasteiger charge is 2.11. The summed E-state index contributed by atoms with van der Waals surface area (Å²) in [7, 11) is 0. The fourth-order valence-corrected chi connectivity index (χ4v) is 2.63. The maximum absolute atomic E-state index is 12.0. The smallest absolute Gasteiger partial charge is 0.267 e. The van der Waals surface area contributed by atoms with Crippen LogP contribution < -0.4 is 11.1 Å². The maximum Gasteiger partial charge on any atom is 0.267 e. The highest BCUT2D eigenvalue weighted by Crippen LogP contribution is 2.23. The van der Waals surface area contributed by atoms with Crippen molar-refractivity contribution in [2.24, 2.45) is 0 Å². The van der Waals surface area contributed by atoms with Gasteiger partial charge in [0.1, 0.15) is 5.69 Å². The number of carbonyl (C=O) groups excluding carboxylic acids is 1. The van der Waals surface area contributed by atoms with Gasteiger partial charge in [0.15, 0.2) is 5.13 Å². The van der Waals surface area contributed by atoms with E-state index in [0.717, 1.165) is 30.9 Å². The molecule has 114 valence electrons. The van der Waals surface area contributed by atoms with Gasteiger partial charge >= 0.3 is 0 Å². The van der Waals surface area contributed by atoms with Gasteiger partial charge in [-0.2, -0.15) is 0 Å². The number of rotatable bonds is 7. The average Bonchev–Trinajstić information content (AvgIpc) is 3.12. The summed E-state index contributed by atoms with van der Waals surface area (Å²) < 4.78 is 0. The summed E-state index contributed by atoms with van der Waals surface area (Å²) in [5, 5.41) is 5.31. The molecular formula is C14H21N5OS. The first kappa shape index (κ1) is 15.5. The zero-order valence-electron chi connectivity index (χ0n) is 12.3. The number of amides is 1. The molecule has 0 aromatic carbocycles. The lowest BCUT2D eigenvalue weighted by Gasteiger charge is -2.17. The zero-order valence-corrected chi connectivity index (χ0v) is 13.2. The Labute approximate surface area is 128 Å². The molecule has 2 heterocycles. The van der Waals surface area contributed by atoms with Gasteiger partial charge < -0.3 is 20.9 Å². The van der Waals surface area contributed by atoms with Gasteiger partial charge in [-0.3, -0.25) is 4.79 Å². The Balaban J connectivity index is 1.90. The topological polar surface area (TPSA) is 87.0 Å². The standard InChI is InChI=1S/C14H21N5OS/c1-3-19(4-2)6-5-16-13(20)11-7-10(8-17-11)12-9-21-14(15)18-12/h7-9,17H,3-6H2,1-2H3,(H2,15,18)(H,16,20). The van der Waals surface area contributed by atoms with Crippen molar-refractivity contribution in [3.8, 4) is 11.3 Å². The van der Waals surface area contributed by atoms with Gasteiger partial charge in [-0.25, -0.2) is 4.98 Å². The van der Waals surface area contributed by atoms with E-state index in [-0.39, 0.29) is 5.91 Å². The van der Waals surface area contributed by atoms with Crippen molar-refractivity contribution in [1.29, 1.82) is 0 Å². The Hall–Kier alpha value is -1.86. The number of nitrogens with one attached hydrogen (secondary N) is 2. The molecule has 7 heteroatoms. The van der Waals surface area contributed by atoms with E-state index < -0.39 is 0 Å². The molecule has 21 heavy (non-hydrogen) atoms. The number of anilines is 1. The quantitative estimate of drug-likeness (QED) is 0.728. The van der Waals surface area contributed by atoms with Gasteiger partial charge in [-0.1, -0.05) is 13.8 Å². The number of likely N-dealkylation sites (N-methyl/N-ethyl adjacent to an activating group) is 1. The van der Waals surface area contributed by atoms with Crippen LogP contribution in [0.2, 0.25) is 0 Å². The molecule has 0 aliphatic heterocycles. The SMILES string of the molecule is CCN(CC)CCNC(=O)c1cc(-c2csc(N)n2)c[nH]1. The summed E-state index contributed by atoms with van der Waals surface area (Å²) in [6.45, 7) is 7.70. The van der Waals surface area contributed by atoms with Crippen LogP contribution in [0.5, 0.6) is 0 Å². The van der Waals surface area contributed by atoms with Crippen molar-refractivity contribution in [3.05, 3.63) is 23.3 Å². The monoisotopic (exact) mass is 307 g/mol. The molecule has 0 fully saturated rings. The van der Waals surface area contributed by atoms with Crippen LogP contribution in [0.15, 0.2) is 17.6 Å². The summed E-state index contributed by atoms with van der Waals surface area (Å²) in [6, 6.07) is 1.79. The van der Waals surface area contributed by atoms with Crippen LogP contribution in [0, 0.1) is 0 Å². The highest BCUT2D eigenvalue weighted by atomic mass is 32.1. The lowest BCUT2D eigenvalue weighted by Crippen LogP contribution is -2.34. The van der Waals surface area contributed by atoms with Crippen molar-refractivity contribution in [2.75, 3.05) is 31.9 Å². The largest absolute Gasteiger partial charge is 0.375 e. The van der Waals surface area contributed by atoms with Gasteiger partial charge in [0, 0.05) is 30.2 Å². The normalized spacial score (nSPS) is 11.0. The molecule has 0 spiro atoms. The Morgan fingerprint density at radius 1 is 1.48 bits per heavy atom. The van der Waals surface area contributed by atoms with Crippen LogP contribution in [-0.2, 0) is 0 Å². The predicted molar refractivity (Wildman–Crippen MR) is 86.4 cm³/mol. The van der Waals surface area contributed by atoms with Crippen LogP contribution in [0.4, 0.5) is 5.13 Å². The number of aromatic amines is 1. The molecule has 2 rings (SSSR count). The summed E-state index contributed by atoms with van der Waals surface area (Å²) in [6.07, 6.45) is 1.77. The summed E-state index contributed by atoms with van der Waals surface area (Å²) in [5.41, 5.74) is 7.81. The number of H-pyrrole nitrogens is 1. The summed E-state index contributed by atoms with van der Waals surface area (Å²) in [5.74, 6) is -0.100. The van der Waals surface area contributed by atoms with E-state index in [1.807, 2.05) is 5.38 Å². The average molecular weight is 307 g/mol. The Bertz CT molecular complexity index is 588. The number of thiazole rings is 1. The van der Waals surface area contributed by atoms with Gasteiger partial charge in [0.2, 0.25) is 0 Å². The lowest BCUT2D eigenvalue weighted by atomic mass is 10.2. The number of nitrogen functional groups attached to an aromatic ring is 1. The van der Waals surface area contributed by atoms with E-state index in [1.54, 1.807) is 12.3 Å². The number of aromatic nitrogens is 2. The minimum Gasteiger partial charge on any atom is -0.375 e. The molecule has 0 radical (unpaired) electrons. The first-order valence-electron chi connectivity index (χ1n) is 7.04. The molecular weight excluding hydrogens is 286 g/mol. The molecule has 0 saturated carbocycles. The Morgan fingerprint density at radius 3 is 2.86 bits per heavy atom. The van der Waals surface area contributed by atoms with Crippen molar-refractivity contribution in [3.63, 3.8) is 0 Å². The molecule has 0 aliphatic carbocycles. The van der Waals surface area contributed by atoms with Crippen LogP contribution in [0.1, 0.15) is 24.3 Å². The number of nitrogens with zero attached hydrogens (tertiary/aromatic N) is 2. The molecule has 0 aliphatic rings. The second-order valence-corrected chi connectivity index (χ2v) is 5.55. The van der Waals surface area contributed by atoms with Crippen LogP contribution >= 0.6 is 11.3 Å². The van der Waals surface area contributed by atoms with E-state index in [9.17, 15) is 4.79 Å². The fourth-order valence-electron chi connectivity index (χ4n) is 2.06. The third kappa shape index (κ3) is 4.05. The van der Waals surface area contributed by atoms with Gasteiger partial charge in [0.05, 0.1) is 5.69 Å². The van der Waals surface area contributed by atoms with Crippen LogP contribution in [0.25, 0.3) is 11.3 Å². The third-order valence-corrected chi connectivity index (χ3v) is 4.03. The van der Waals surface area contributed by atoms with Gasteiger partial charge in [0.25, 0.3) is 5.91 Å². The van der Waals surface area contributed by atoms with E-state index in [0.29, 0.717) is 17.4 Å². The summed E-state index contributed by atoms with van der Waals surface area (Å²) in [4.78, 5) is 21.5. The van der Waals surface area contributed by atoms with E-state index >= 15 is 0 Å². The molecule has 6 nitrogen and oxygen atoms in total. The molecule has 0 saturated heterocycles. The van der Waals surface area contributed by atoms with E-state index in [4.69, 9.17) is 5.73 Å². The first-order chi connectivity index (χ1) is 10.1. The van der Waals surface area contributed by atoms with Crippen molar-refractivity contribution in [1.82, 2.24) is 20.2 Å². The second kappa shape index (κ2) is 7.24. The van der Waals surface area contributed by atoms with Crippen molar-refractivity contribution >= 4 is 22.4 Å². The number of hydrogen-bond donors (Lipinski definition) is 3. The van der Waals surface area contributed by atoms with E-state index in [1.165, 1.54) is 11.3 Å². The molecule has 2 aromatic rings. The molecule has 2 aromatic heterocycles. The lowest BCUT2D eigenvalue weighted by molar-refractivity contribution is 0.0944. The molecule has 0 bridgehead atoms. The molecule has 4 N–H and O–H groups in total. The molecule has 0 unspecified atom stereocenters. The Morgan fingerprint density at radius 2 is 2.24 bits per heavy atom. The van der Waals surface area contributed by atoms with Crippen LogP contribution in [0.3, 0.4) is 0 Å². The molecule has 1 amide bonds. The number of hydrogen-bond acceptors (Lipinski definition) is 5. The highest BCUT2D eigenvalue weighted by molar-refractivity contribution is 7.13. The second-order valence-electron chi connectivity index (χ2n) is 4.66. The molecule has 0 atom stereocenters. The zero-order chi connectivity index (χ0) is 15.2. The van der Waals surface area contributed by atoms with Crippen molar-refractivity contribution in [2.45, 2.75) is 13.8 Å². The number of nitrogens with two attached hydrogens (primary N) is 1. The van der Waals surface area contributed by atoms with Gasteiger partial charge in [-0.05, 0) is 19.2 Å². The van der Waals surface area contributed by atoms with Gasteiger partial charge in [-0.15, -0.1) is 11.3 Å². The van der Waals surface area contributed by atoms with Crippen LogP contribution in [-0.4, -0.2) is 47.0 Å². The maximum atomic E-state index is 12.0. The van der Waals surface area contributed by atoms with Crippen molar-refractivity contribution < 1.29 is 4.79 Å². The van der Waals surface area contributed by atoms with E-state index in [2.05, 4.69) is 34.0 Å². The summed E-state index contributed by atoms with van der Waals surface area (Å²) >= 11 is 1.39. The Kier molecular flexibility index (Phi) is 5.35. The third-order valence-electron chi connectivity index (χ3n) is 3.35. The minimum absolute atomic E-state index is 0.100.